The number of amides is 1. The van der Waals surface area contributed by atoms with Gasteiger partial charge in [0, 0.05) is 6.61 Å². The summed E-state index contributed by atoms with van der Waals surface area (Å²) in [6.45, 7) is 3.38. The SMILES string of the molecule is Cc1ccc(NC(=O)CNc2ccccc2Cl)c(OCC2CCCO2)c1. The molecule has 0 saturated carbocycles. The number of anilines is 2. The van der Waals surface area contributed by atoms with Crippen LogP contribution in [0.15, 0.2) is 42.5 Å². The number of benzene rings is 2. The number of carbonyl (C=O) groups excluding carboxylic acids is 1. The summed E-state index contributed by atoms with van der Waals surface area (Å²) in [5.41, 5.74) is 2.45. The highest BCUT2D eigenvalue weighted by Gasteiger charge is 2.17. The summed E-state index contributed by atoms with van der Waals surface area (Å²) < 4.78 is 11.5. The zero-order valence-corrected chi connectivity index (χ0v) is 15.5. The highest BCUT2D eigenvalue weighted by molar-refractivity contribution is 6.33. The number of nitrogens with one attached hydrogen (secondary N) is 2. The largest absolute Gasteiger partial charge is 0.489 e. The molecule has 0 aromatic heterocycles. The van der Waals surface area contributed by atoms with Gasteiger partial charge in [0.05, 0.1) is 29.0 Å². The molecule has 5 nitrogen and oxygen atoms in total. The van der Waals surface area contributed by atoms with Crippen LogP contribution in [0.2, 0.25) is 5.02 Å². The number of rotatable bonds is 7. The minimum atomic E-state index is -0.171. The van der Waals surface area contributed by atoms with Gasteiger partial charge in [0.25, 0.3) is 0 Å². The molecule has 1 fully saturated rings. The van der Waals surface area contributed by atoms with Gasteiger partial charge in [-0.25, -0.2) is 0 Å². The van der Waals surface area contributed by atoms with Crippen LogP contribution in [0.25, 0.3) is 0 Å². The third-order valence-corrected chi connectivity index (χ3v) is 4.50. The predicted octanol–water partition coefficient (Wildman–Crippen LogP) is 4.26. The molecule has 0 spiro atoms. The van der Waals surface area contributed by atoms with E-state index in [2.05, 4.69) is 10.6 Å². The number of ether oxygens (including phenoxy) is 2. The van der Waals surface area contributed by atoms with Crippen LogP contribution < -0.4 is 15.4 Å². The Labute approximate surface area is 158 Å². The van der Waals surface area contributed by atoms with E-state index in [0.717, 1.165) is 30.7 Å². The van der Waals surface area contributed by atoms with Crippen molar-refractivity contribution in [2.24, 2.45) is 0 Å². The number of aryl methyl sites for hydroxylation is 1. The van der Waals surface area contributed by atoms with Gasteiger partial charge in [0.15, 0.2) is 0 Å². The van der Waals surface area contributed by atoms with E-state index in [0.29, 0.717) is 23.1 Å². The quantitative estimate of drug-likeness (QED) is 0.760. The standard InChI is InChI=1S/C20H23ClN2O3/c1-14-8-9-18(19(11-14)26-13-15-5-4-10-25-15)23-20(24)12-22-17-7-3-2-6-16(17)21/h2-3,6-9,11,15,22H,4-5,10,12-13H2,1H3,(H,23,24). The molecule has 0 bridgehead atoms. The third kappa shape index (κ3) is 5.13. The molecule has 0 aliphatic carbocycles. The summed E-state index contributed by atoms with van der Waals surface area (Å²) in [5, 5.41) is 6.51. The van der Waals surface area contributed by atoms with E-state index in [1.54, 1.807) is 6.07 Å². The van der Waals surface area contributed by atoms with Crippen LogP contribution in [0.4, 0.5) is 11.4 Å². The van der Waals surface area contributed by atoms with Gasteiger partial charge < -0.3 is 20.1 Å². The summed E-state index contributed by atoms with van der Waals surface area (Å²) in [6, 6.07) is 13.0. The van der Waals surface area contributed by atoms with Gasteiger partial charge in [0.2, 0.25) is 5.91 Å². The van der Waals surface area contributed by atoms with Gasteiger partial charge in [0.1, 0.15) is 12.4 Å². The number of para-hydroxylation sites is 1. The molecule has 1 amide bonds. The smallest absolute Gasteiger partial charge is 0.243 e. The molecular weight excluding hydrogens is 352 g/mol. The van der Waals surface area contributed by atoms with Crippen molar-refractivity contribution in [1.82, 2.24) is 0 Å². The third-order valence-electron chi connectivity index (χ3n) is 4.17. The highest BCUT2D eigenvalue weighted by Crippen LogP contribution is 2.27. The van der Waals surface area contributed by atoms with Crippen LogP contribution in [0.1, 0.15) is 18.4 Å². The first kappa shape index (κ1) is 18.5. The second-order valence-electron chi connectivity index (χ2n) is 6.33. The van der Waals surface area contributed by atoms with E-state index < -0.39 is 0 Å². The second kappa shape index (κ2) is 8.92. The average Bonchev–Trinajstić information content (AvgIpc) is 3.15. The van der Waals surface area contributed by atoms with Crippen LogP contribution >= 0.6 is 11.6 Å². The van der Waals surface area contributed by atoms with Crippen molar-refractivity contribution in [1.29, 1.82) is 0 Å². The van der Waals surface area contributed by atoms with Crippen LogP contribution in [-0.2, 0) is 9.53 Å². The van der Waals surface area contributed by atoms with E-state index in [4.69, 9.17) is 21.1 Å². The molecule has 138 valence electrons. The molecule has 1 heterocycles. The lowest BCUT2D eigenvalue weighted by Crippen LogP contribution is -2.23. The van der Waals surface area contributed by atoms with E-state index in [-0.39, 0.29) is 18.6 Å². The molecule has 2 aromatic carbocycles. The number of carbonyl (C=O) groups is 1. The minimum Gasteiger partial charge on any atom is -0.489 e. The van der Waals surface area contributed by atoms with Gasteiger partial charge in [-0.2, -0.15) is 0 Å². The Morgan fingerprint density at radius 3 is 2.88 bits per heavy atom. The summed E-state index contributed by atoms with van der Waals surface area (Å²) in [7, 11) is 0. The van der Waals surface area contributed by atoms with Crippen molar-refractivity contribution >= 4 is 28.9 Å². The Hall–Kier alpha value is -2.24. The Morgan fingerprint density at radius 1 is 1.27 bits per heavy atom. The van der Waals surface area contributed by atoms with Crippen molar-refractivity contribution in [2.45, 2.75) is 25.9 Å². The molecular formula is C20H23ClN2O3. The Morgan fingerprint density at radius 2 is 2.12 bits per heavy atom. The van der Waals surface area contributed by atoms with E-state index >= 15 is 0 Å². The maximum absolute atomic E-state index is 12.3. The molecule has 2 aromatic rings. The fraction of sp³-hybridized carbons (Fsp3) is 0.350. The van der Waals surface area contributed by atoms with Crippen LogP contribution in [0, 0.1) is 6.92 Å². The number of halogens is 1. The molecule has 2 N–H and O–H groups in total. The van der Waals surface area contributed by atoms with Gasteiger partial charge in [-0.1, -0.05) is 29.8 Å². The molecule has 1 aliphatic rings. The first-order valence-corrected chi connectivity index (χ1v) is 9.13. The summed E-state index contributed by atoms with van der Waals surface area (Å²) >= 11 is 6.09. The number of hydrogen-bond donors (Lipinski definition) is 2. The lowest BCUT2D eigenvalue weighted by Gasteiger charge is -2.16. The summed E-state index contributed by atoms with van der Waals surface area (Å²) in [5.74, 6) is 0.488. The van der Waals surface area contributed by atoms with Crippen molar-refractivity contribution in [3.8, 4) is 5.75 Å². The zero-order chi connectivity index (χ0) is 18.4. The minimum absolute atomic E-state index is 0.114. The molecule has 1 unspecified atom stereocenters. The highest BCUT2D eigenvalue weighted by atomic mass is 35.5. The second-order valence-corrected chi connectivity index (χ2v) is 6.73. The first-order valence-electron chi connectivity index (χ1n) is 8.75. The normalized spacial score (nSPS) is 16.3. The van der Waals surface area contributed by atoms with Crippen molar-refractivity contribution < 1.29 is 14.3 Å². The molecule has 0 radical (unpaired) electrons. The molecule has 1 aliphatic heterocycles. The van der Waals surface area contributed by atoms with Gasteiger partial charge >= 0.3 is 0 Å². The maximum Gasteiger partial charge on any atom is 0.243 e. The summed E-state index contributed by atoms with van der Waals surface area (Å²) in [4.78, 5) is 12.3. The van der Waals surface area contributed by atoms with Crippen LogP contribution in [-0.4, -0.2) is 31.8 Å². The first-order chi connectivity index (χ1) is 12.6. The molecule has 3 rings (SSSR count). The molecule has 1 saturated heterocycles. The Bertz CT molecular complexity index is 760. The van der Waals surface area contributed by atoms with Gasteiger partial charge in [-0.3, -0.25) is 4.79 Å². The lowest BCUT2D eigenvalue weighted by molar-refractivity contribution is -0.114. The van der Waals surface area contributed by atoms with Crippen molar-refractivity contribution in [2.75, 3.05) is 30.4 Å². The fourth-order valence-corrected chi connectivity index (χ4v) is 2.99. The molecule has 26 heavy (non-hydrogen) atoms. The maximum atomic E-state index is 12.3. The monoisotopic (exact) mass is 374 g/mol. The van der Waals surface area contributed by atoms with Crippen molar-refractivity contribution in [3.63, 3.8) is 0 Å². The van der Waals surface area contributed by atoms with Gasteiger partial charge in [-0.05, 0) is 49.6 Å². The van der Waals surface area contributed by atoms with Crippen LogP contribution in [0.5, 0.6) is 5.75 Å². The fourth-order valence-electron chi connectivity index (χ4n) is 2.79. The Kier molecular flexibility index (Phi) is 6.36. The van der Waals surface area contributed by atoms with Crippen molar-refractivity contribution in [3.05, 3.63) is 53.1 Å². The summed E-state index contributed by atoms with van der Waals surface area (Å²) in [6.07, 6.45) is 2.20. The predicted molar refractivity (Wildman–Crippen MR) is 104 cm³/mol. The van der Waals surface area contributed by atoms with Crippen LogP contribution in [0.3, 0.4) is 0 Å². The topological polar surface area (TPSA) is 59.6 Å². The lowest BCUT2D eigenvalue weighted by atomic mass is 10.2. The van der Waals surface area contributed by atoms with E-state index in [1.165, 1.54) is 0 Å². The average molecular weight is 375 g/mol. The number of hydrogen-bond acceptors (Lipinski definition) is 4. The van der Waals surface area contributed by atoms with E-state index in [9.17, 15) is 4.79 Å². The van der Waals surface area contributed by atoms with E-state index in [1.807, 2.05) is 43.3 Å². The van der Waals surface area contributed by atoms with Gasteiger partial charge in [-0.15, -0.1) is 0 Å². The molecule has 6 heteroatoms. The zero-order valence-electron chi connectivity index (χ0n) is 14.8. The Balaban J connectivity index is 1.59. The molecule has 1 atom stereocenters.